The number of amidine groups is 1. The van der Waals surface area contributed by atoms with Crippen molar-refractivity contribution in [3.8, 4) is 12.3 Å². The molecule has 1 aliphatic rings. The lowest BCUT2D eigenvalue weighted by Crippen LogP contribution is -2.34. The van der Waals surface area contributed by atoms with Gasteiger partial charge in [0, 0.05) is 23.9 Å². The minimum absolute atomic E-state index is 0.0526. The van der Waals surface area contributed by atoms with Crippen LogP contribution in [-0.4, -0.2) is 38.7 Å². The number of nitrogens with one attached hydrogen (secondary N) is 1. The molecule has 6 nitrogen and oxygen atoms in total. The zero-order valence-corrected chi connectivity index (χ0v) is 14.2. The summed E-state index contributed by atoms with van der Waals surface area (Å²) in [5.74, 6) is 2.45. The van der Waals surface area contributed by atoms with Crippen molar-refractivity contribution in [2.24, 2.45) is 4.40 Å². The second-order valence-corrected chi connectivity index (χ2v) is 7.09. The smallest absolute Gasteiger partial charge is 0.285 e. The van der Waals surface area contributed by atoms with Gasteiger partial charge in [-0.1, -0.05) is 24.1 Å². The summed E-state index contributed by atoms with van der Waals surface area (Å²) in [5.41, 5.74) is 1.73. The Morgan fingerprint density at radius 1 is 1.24 bits per heavy atom. The quantitative estimate of drug-likeness (QED) is 0.852. The Kier molecular flexibility index (Phi) is 4.30. The monoisotopic (exact) mass is 353 g/mol. The van der Waals surface area contributed by atoms with E-state index in [4.69, 9.17) is 6.42 Å². The second kappa shape index (κ2) is 6.42. The number of benzene rings is 2. The van der Waals surface area contributed by atoms with Crippen LogP contribution in [0.1, 0.15) is 11.1 Å². The van der Waals surface area contributed by atoms with Gasteiger partial charge in [-0.05, 0) is 30.3 Å². The van der Waals surface area contributed by atoms with Crippen molar-refractivity contribution in [1.29, 1.82) is 0 Å². The number of likely N-dealkylation sites (N-methyl/N-ethyl adjacent to an activating group) is 1. The maximum Gasteiger partial charge on any atom is 0.285 e. The van der Waals surface area contributed by atoms with Gasteiger partial charge in [0.05, 0.1) is 6.54 Å². The number of terminal acetylenes is 1. The molecule has 0 saturated carbocycles. The molecule has 0 bridgehead atoms. The molecule has 25 heavy (non-hydrogen) atoms. The van der Waals surface area contributed by atoms with Crippen LogP contribution >= 0.6 is 0 Å². The van der Waals surface area contributed by atoms with E-state index in [2.05, 4.69) is 15.6 Å². The van der Waals surface area contributed by atoms with Gasteiger partial charge in [0.2, 0.25) is 5.91 Å². The molecule has 0 fully saturated rings. The predicted molar refractivity (Wildman–Crippen MR) is 95.8 cm³/mol. The Labute approximate surface area is 146 Å². The Balaban J connectivity index is 1.76. The summed E-state index contributed by atoms with van der Waals surface area (Å²) in [6, 6.07) is 13.5. The van der Waals surface area contributed by atoms with Crippen LogP contribution in [0.4, 0.5) is 5.69 Å². The number of amides is 1. The molecule has 1 N–H and O–H groups in total. The highest BCUT2D eigenvalue weighted by molar-refractivity contribution is 7.90. The fourth-order valence-electron chi connectivity index (χ4n) is 2.54. The summed E-state index contributed by atoms with van der Waals surface area (Å²) < 4.78 is 27.9. The van der Waals surface area contributed by atoms with E-state index in [0.717, 1.165) is 0 Å². The van der Waals surface area contributed by atoms with Crippen molar-refractivity contribution in [3.05, 3.63) is 59.7 Å². The Hall–Kier alpha value is -3.11. The molecule has 3 rings (SSSR count). The Bertz CT molecular complexity index is 1020. The van der Waals surface area contributed by atoms with Crippen LogP contribution in [0, 0.1) is 12.3 Å². The van der Waals surface area contributed by atoms with Crippen LogP contribution in [0.15, 0.2) is 57.8 Å². The van der Waals surface area contributed by atoms with Crippen LogP contribution in [0.5, 0.6) is 0 Å². The Morgan fingerprint density at radius 3 is 2.76 bits per heavy atom. The van der Waals surface area contributed by atoms with E-state index in [0.29, 0.717) is 16.8 Å². The van der Waals surface area contributed by atoms with Crippen molar-refractivity contribution < 1.29 is 13.2 Å². The van der Waals surface area contributed by atoms with Gasteiger partial charge in [0.25, 0.3) is 10.0 Å². The van der Waals surface area contributed by atoms with Crippen molar-refractivity contribution in [1.82, 2.24) is 4.90 Å². The molecular formula is C18H15N3O3S. The van der Waals surface area contributed by atoms with E-state index in [9.17, 15) is 13.2 Å². The molecule has 0 spiro atoms. The molecule has 126 valence electrons. The van der Waals surface area contributed by atoms with Crippen LogP contribution in [0.2, 0.25) is 0 Å². The van der Waals surface area contributed by atoms with Crippen LogP contribution < -0.4 is 5.32 Å². The van der Waals surface area contributed by atoms with E-state index in [1.54, 1.807) is 49.5 Å². The van der Waals surface area contributed by atoms with Crippen molar-refractivity contribution in [3.63, 3.8) is 0 Å². The zero-order valence-electron chi connectivity index (χ0n) is 13.4. The van der Waals surface area contributed by atoms with E-state index in [-0.39, 0.29) is 23.2 Å². The van der Waals surface area contributed by atoms with Gasteiger partial charge in [0.1, 0.15) is 4.90 Å². The molecule has 0 atom stereocenters. The average molecular weight is 353 g/mol. The first-order valence-corrected chi connectivity index (χ1v) is 8.87. The number of anilines is 1. The fourth-order valence-corrected chi connectivity index (χ4v) is 3.79. The summed E-state index contributed by atoms with van der Waals surface area (Å²) in [6.07, 6.45) is 5.34. The van der Waals surface area contributed by atoms with Gasteiger partial charge in [-0.2, -0.15) is 8.42 Å². The number of rotatable bonds is 3. The van der Waals surface area contributed by atoms with Gasteiger partial charge in [0.15, 0.2) is 5.84 Å². The summed E-state index contributed by atoms with van der Waals surface area (Å²) in [4.78, 5) is 13.9. The normalized spacial score (nSPS) is 14.2. The molecule has 0 aliphatic carbocycles. The summed E-state index contributed by atoms with van der Waals surface area (Å²) >= 11 is 0. The van der Waals surface area contributed by atoms with Crippen LogP contribution in [-0.2, 0) is 14.8 Å². The second-order valence-electron chi connectivity index (χ2n) is 5.52. The lowest BCUT2D eigenvalue weighted by atomic mass is 10.2. The molecule has 2 aromatic carbocycles. The van der Waals surface area contributed by atoms with Crippen molar-refractivity contribution >= 4 is 27.5 Å². The molecule has 2 aromatic rings. The maximum atomic E-state index is 12.2. The maximum absolute atomic E-state index is 12.2. The standard InChI is InChI=1S/C18H15N3O3S/c1-3-13-7-6-8-14(11-13)19-17(22)12-21(2)18-15-9-4-5-10-16(15)25(23,24)20-18/h1,4-11H,12H2,2H3,(H,19,22). The highest BCUT2D eigenvalue weighted by atomic mass is 32.2. The first kappa shape index (κ1) is 16.7. The van der Waals surface area contributed by atoms with Gasteiger partial charge in [-0.3, -0.25) is 4.79 Å². The van der Waals surface area contributed by atoms with Crippen LogP contribution in [0.3, 0.4) is 0 Å². The predicted octanol–water partition coefficient (Wildman–Crippen LogP) is 1.69. The van der Waals surface area contributed by atoms with Crippen molar-refractivity contribution in [2.45, 2.75) is 4.90 Å². The molecule has 1 amide bonds. The van der Waals surface area contributed by atoms with E-state index >= 15 is 0 Å². The third-order valence-corrected chi connectivity index (χ3v) is 4.99. The lowest BCUT2D eigenvalue weighted by Gasteiger charge is -2.18. The number of carbonyl (C=O) groups is 1. The number of hydrogen-bond donors (Lipinski definition) is 1. The van der Waals surface area contributed by atoms with Crippen molar-refractivity contribution in [2.75, 3.05) is 18.9 Å². The lowest BCUT2D eigenvalue weighted by molar-refractivity contribution is -0.116. The number of hydrogen-bond acceptors (Lipinski definition) is 4. The SMILES string of the molecule is C#Cc1cccc(NC(=O)CN(C)C2=NS(=O)(=O)c3ccccc32)c1. The Morgan fingerprint density at radius 2 is 2.00 bits per heavy atom. The minimum atomic E-state index is -3.71. The van der Waals surface area contributed by atoms with E-state index < -0.39 is 10.0 Å². The first-order valence-electron chi connectivity index (χ1n) is 7.43. The molecule has 0 radical (unpaired) electrons. The molecule has 0 unspecified atom stereocenters. The highest BCUT2D eigenvalue weighted by Gasteiger charge is 2.30. The van der Waals surface area contributed by atoms with Gasteiger partial charge in [-0.15, -0.1) is 10.8 Å². The van der Waals surface area contributed by atoms with Gasteiger partial charge in [-0.25, -0.2) is 0 Å². The average Bonchev–Trinajstić information content (AvgIpc) is 2.87. The number of fused-ring (bicyclic) bond motifs is 1. The third kappa shape index (κ3) is 3.39. The molecule has 1 aliphatic heterocycles. The van der Waals surface area contributed by atoms with E-state index in [1.165, 1.54) is 11.0 Å². The molecular weight excluding hydrogens is 338 g/mol. The molecule has 1 heterocycles. The summed E-state index contributed by atoms with van der Waals surface area (Å²) in [5, 5.41) is 2.74. The largest absolute Gasteiger partial charge is 0.349 e. The number of sulfonamides is 1. The van der Waals surface area contributed by atoms with Gasteiger partial charge < -0.3 is 10.2 Å². The topological polar surface area (TPSA) is 78.8 Å². The minimum Gasteiger partial charge on any atom is -0.349 e. The fraction of sp³-hybridized carbons (Fsp3) is 0.111. The molecule has 7 heteroatoms. The summed E-state index contributed by atoms with van der Waals surface area (Å²) in [7, 11) is -2.09. The zero-order chi connectivity index (χ0) is 18.0. The number of nitrogens with zero attached hydrogens (tertiary/aromatic N) is 2. The van der Waals surface area contributed by atoms with Gasteiger partial charge >= 0.3 is 0 Å². The van der Waals surface area contributed by atoms with E-state index in [1.807, 2.05) is 0 Å². The third-order valence-electron chi connectivity index (χ3n) is 3.67. The van der Waals surface area contributed by atoms with Crippen LogP contribution in [0.25, 0.3) is 0 Å². The first-order chi connectivity index (χ1) is 11.9. The number of carbonyl (C=O) groups excluding carboxylic acids is 1. The summed E-state index contributed by atoms with van der Waals surface area (Å²) in [6.45, 7) is -0.0526. The molecule has 0 saturated heterocycles. The molecule has 0 aromatic heterocycles. The highest BCUT2D eigenvalue weighted by Crippen LogP contribution is 2.26.